The highest BCUT2D eigenvalue weighted by Crippen LogP contribution is 2.21. The molecule has 0 bridgehead atoms. The number of hydrogen-bond acceptors (Lipinski definition) is 3. The van der Waals surface area contributed by atoms with Gasteiger partial charge in [0, 0.05) is 7.11 Å². The van der Waals surface area contributed by atoms with Gasteiger partial charge >= 0.3 is 6.03 Å². The molecular weight excluding hydrogens is 299 g/mol. The summed E-state index contributed by atoms with van der Waals surface area (Å²) in [6.07, 6.45) is 4.04. The van der Waals surface area contributed by atoms with E-state index in [9.17, 15) is 14.3 Å². The summed E-state index contributed by atoms with van der Waals surface area (Å²) in [5, 5.41) is 16.0. The number of methoxy groups -OCH3 is 1. The molecule has 1 aliphatic rings. The summed E-state index contributed by atoms with van der Waals surface area (Å²) in [7, 11) is 1.65. The number of nitrogens with one attached hydrogen (secondary N) is 2. The van der Waals surface area contributed by atoms with Crippen LogP contribution in [0.2, 0.25) is 0 Å². The van der Waals surface area contributed by atoms with E-state index in [0.717, 1.165) is 25.7 Å². The summed E-state index contributed by atoms with van der Waals surface area (Å²) in [6.45, 7) is 1.62. The first-order valence-corrected chi connectivity index (χ1v) is 7.98. The van der Waals surface area contributed by atoms with Crippen molar-refractivity contribution in [2.75, 3.05) is 13.7 Å². The predicted molar refractivity (Wildman–Crippen MR) is 85.6 cm³/mol. The predicted octanol–water partition coefficient (Wildman–Crippen LogP) is 2.29. The zero-order valence-electron chi connectivity index (χ0n) is 13.6. The van der Waals surface area contributed by atoms with Gasteiger partial charge in [-0.05, 0) is 37.5 Å². The minimum Gasteiger partial charge on any atom is -0.384 e. The summed E-state index contributed by atoms with van der Waals surface area (Å²) in [4.78, 5) is 12.1. The third kappa shape index (κ3) is 4.91. The van der Waals surface area contributed by atoms with Gasteiger partial charge in [-0.2, -0.15) is 0 Å². The van der Waals surface area contributed by atoms with Crippen LogP contribution < -0.4 is 10.6 Å². The standard InChI is InChI=1S/C17H25FN2O3/c1-17(22,12-7-9-13(18)10-8-12)11-19-16(21)20-14-5-3-4-6-15(14)23-2/h7-10,14-15,22H,3-6,11H2,1-2H3,(H2,19,20,21)/t14-,15+,17+/m0/s1. The quantitative estimate of drug-likeness (QED) is 0.778. The second-order valence-electron chi connectivity index (χ2n) is 6.27. The number of carbonyl (C=O) groups is 1. The van der Waals surface area contributed by atoms with Crippen LogP contribution in [0, 0.1) is 5.82 Å². The third-order valence-electron chi connectivity index (χ3n) is 4.38. The molecule has 2 amide bonds. The SMILES string of the molecule is CO[C@@H]1CCCC[C@@H]1NC(=O)NC[C@@](C)(O)c1ccc(F)cc1. The molecule has 0 heterocycles. The molecule has 23 heavy (non-hydrogen) atoms. The van der Waals surface area contributed by atoms with E-state index in [2.05, 4.69) is 10.6 Å². The third-order valence-corrected chi connectivity index (χ3v) is 4.38. The number of halogens is 1. The number of aliphatic hydroxyl groups is 1. The van der Waals surface area contributed by atoms with Gasteiger partial charge in [0.25, 0.3) is 0 Å². The normalized spacial score (nSPS) is 23.8. The number of carbonyl (C=O) groups excluding carboxylic acids is 1. The Hall–Kier alpha value is -1.66. The monoisotopic (exact) mass is 324 g/mol. The molecule has 1 aromatic carbocycles. The van der Waals surface area contributed by atoms with Crippen LogP contribution in [0.3, 0.4) is 0 Å². The number of ether oxygens (including phenoxy) is 1. The Kier molecular flexibility index (Phi) is 5.96. The summed E-state index contributed by atoms with van der Waals surface area (Å²) >= 11 is 0. The zero-order chi connectivity index (χ0) is 16.9. The molecule has 0 saturated heterocycles. The highest BCUT2D eigenvalue weighted by Gasteiger charge is 2.28. The Morgan fingerprint density at radius 2 is 2.00 bits per heavy atom. The number of benzene rings is 1. The fraction of sp³-hybridized carbons (Fsp3) is 0.588. The highest BCUT2D eigenvalue weighted by atomic mass is 19.1. The minimum absolute atomic E-state index is 0.00970. The van der Waals surface area contributed by atoms with Gasteiger partial charge in [-0.1, -0.05) is 25.0 Å². The highest BCUT2D eigenvalue weighted by molar-refractivity contribution is 5.74. The Labute approximate surface area is 136 Å². The van der Waals surface area contributed by atoms with Crippen molar-refractivity contribution in [2.24, 2.45) is 0 Å². The van der Waals surface area contributed by atoms with E-state index in [1.165, 1.54) is 24.3 Å². The van der Waals surface area contributed by atoms with Gasteiger partial charge in [0.1, 0.15) is 11.4 Å². The number of rotatable bonds is 5. The molecule has 6 heteroatoms. The molecule has 0 radical (unpaired) electrons. The molecule has 3 N–H and O–H groups in total. The molecule has 1 aromatic rings. The molecule has 1 aliphatic carbocycles. The van der Waals surface area contributed by atoms with Gasteiger partial charge in [-0.3, -0.25) is 0 Å². The van der Waals surface area contributed by atoms with Crippen LogP contribution in [0.25, 0.3) is 0 Å². The van der Waals surface area contributed by atoms with Crippen molar-refractivity contribution in [3.05, 3.63) is 35.6 Å². The maximum atomic E-state index is 12.9. The van der Waals surface area contributed by atoms with Crippen LogP contribution in [-0.4, -0.2) is 36.9 Å². The molecule has 1 fully saturated rings. The van der Waals surface area contributed by atoms with E-state index >= 15 is 0 Å². The summed E-state index contributed by atoms with van der Waals surface area (Å²) < 4.78 is 18.3. The van der Waals surface area contributed by atoms with E-state index in [4.69, 9.17) is 4.74 Å². The van der Waals surface area contributed by atoms with E-state index in [0.29, 0.717) is 5.56 Å². The first kappa shape index (κ1) is 17.7. The smallest absolute Gasteiger partial charge is 0.315 e. The van der Waals surface area contributed by atoms with Gasteiger partial charge < -0.3 is 20.5 Å². The number of hydrogen-bond donors (Lipinski definition) is 3. The Morgan fingerprint density at radius 3 is 2.65 bits per heavy atom. The van der Waals surface area contributed by atoms with Crippen molar-refractivity contribution in [1.82, 2.24) is 10.6 Å². The lowest BCUT2D eigenvalue weighted by atomic mass is 9.92. The first-order valence-electron chi connectivity index (χ1n) is 7.98. The molecule has 0 aromatic heterocycles. The zero-order valence-corrected chi connectivity index (χ0v) is 13.6. The number of urea groups is 1. The molecular formula is C17H25FN2O3. The summed E-state index contributed by atoms with van der Waals surface area (Å²) in [5.41, 5.74) is -0.718. The van der Waals surface area contributed by atoms with Crippen molar-refractivity contribution in [2.45, 2.75) is 50.4 Å². The van der Waals surface area contributed by atoms with Crippen molar-refractivity contribution in [3.8, 4) is 0 Å². The lowest BCUT2D eigenvalue weighted by Crippen LogP contribution is -2.51. The molecule has 1 saturated carbocycles. The fourth-order valence-electron chi connectivity index (χ4n) is 2.93. The van der Waals surface area contributed by atoms with E-state index in [-0.39, 0.29) is 30.5 Å². The van der Waals surface area contributed by atoms with Gasteiger partial charge in [-0.25, -0.2) is 9.18 Å². The van der Waals surface area contributed by atoms with Crippen LogP contribution in [0.4, 0.5) is 9.18 Å². The van der Waals surface area contributed by atoms with Gasteiger partial charge in [-0.15, -0.1) is 0 Å². The average Bonchev–Trinajstić information content (AvgIpc) is 2.54. The molecule has 0 spiro atoms. The molecule has 128 valence electrons. The minimum atomic E-state index is -1.27. The van der Waals surface area contributed by atoms with E-state index in [1.54, 1.807) is 14.0 Å². The number of amides is 2. The molecule has 0 unspecified atom stereocenters. The Balaban J connectivity index is 1.86. The average molecular weight is 324 g/mol. The van der Waals surface area contributed by atoms with Crippen molar-refractivity contribution >= 4 is 6.03 Å². The lowest BCUT2D eigenvalue weighted by Gasteiger charge is -2.31. The van der Waals surface area contributed by atoms with Crippen LogP contribution in [0.5, 0.6) is 0 Å². The first-order chi connectivity index (χ1) is 10.9. The maximum Gasteiger partial charge on any atom is 0.315 e. The van der Waals surface area contributed by atoms with E-state index < -0.39 is 5.60 Å². The molecule has 5 nitrogen and oxygen atoms in total. The van der Waals surface area contributed by atoms with Gasteiger partial charge in [0.15, 0.2) is 0 Å². The van der Waals surface area contributed by atoms with E-state index in [1.807, 2.05) is 0 Å². The largest absolute Gasteiger partial charge is 0.384 e. The molecule has 2 rings (SSSR count). The molecule has 0 aliphatic heterocycles. The lowest BCUT2D eigenvalue weighted by molar-refractivity contribution is 0.0428. The maximum absolute atomic E-state index is 12.9. The second-order valence-corrected chi connectivity index (χ2v) is 6.27. The van der Waals surface area contributed by atoms with Gasteiger partial charge in [0.2, 0.25) is 0 Å². The summed E-state index contributed by atoms with van der Waals surface area (Å²) in [6, 6.07) is 5.25. The summed E-state index contributed by atoms with van der Waals surface area (Å²) in [5.74, 6) is -0.363. The molecule has 3 atom stereocenters. The fourth-order valence-corrected chi connectivity index (χ4v) is 2.93. The van der Waals surface area contributed by atoms with Crippen LogP contribution >= 0.6 is 0 Å². The van der Waals surface area contributed by atoms with Crippen LogP contribution in [-0.2, 0) is 10.3 Å². The van der Waals surface area contributed by atoms with Gasteiger partial charge in [0.05, 0.1) is 18.7 Å². The van der Waals surface area contributed by atoms with Crippen LogP contribution in [0.1, 0.15) is 38.2 Å². The van der Waals surface area contributed by atoms with Crippen molar-refractivity contribution < 1.29 is 19.0 Å². The van der Waals surface area contributed by atoms with Crippen molar-refractivity contribution in [3.63, 3.8) is 0 Å². The topological polar surface area (TPSA) is 70.6 Å². The van der Waals surface area contributed by atoms with Crippen molar-refractivity contribution in [1.29, 1.82) is 0 Å². The Morgan fingerprint density at radius 1 is 1.35 bits per heavy atom. The Bertz CT molecular complexity index is 519. The second kappa shape index (κ2) is 7.75. The van der Waals surface area contributed by atoms with Crippen LogP contribution in [0.15, 0.2) is 24.3 Å².